The van der Waals surface area contributed by atoms with Crippen LogP contribution in [0.1, 0.15) is 6.42 Å². The van der Waals surface area contributed by atoms with E-state index < -0.39 is 0 Å². The summed E-state index contributed by atoms with van der Waals surface area (Å²) >= 11 is 0. The molecule has 5 nitrogen and oxygen atoms in total. The molecule has 19 heavy (non-hydrogen) atoms. The highest BCUT2D eigenvalue weighted by molar-refractivity contribution is 5.77. The van der Waals surface area contributed by atoms with Gasteiger partial charge >= 0.3 is 0 Å². The minimum absolute atomic E-state index is 0.468. The number of nitrogens with two attached hydrogens (primary N) is 1. The zero-order valence-electron chi connectivity index (χ0n) is 10.9. The largest absolute Gasteiger partial charge is 0.370 e. The summed E-state index contributed by atoms with van der Waals surface area (Å²) < 4.78 is 2.14. The fourth-order valence-electron chi connectivity index (χ4n) is 1.86. The molecular formula is C14H19N5. The number of nitrogens with zero attached hydrogens (tertiary/aromatic N) is 3. The number of aryl methyl sites for hydroxylation is 1. The topological polar surface area (TPSA) is 68.2 Å². The van der Waals surface area contributed by atoms with Gasteiger partial charge in [0.05, 0.1) is 17.4 Å². The van der Waals surface area contributed by atoms with Crippen molar-refractivity contribution in [2.75, 3.05) is 13.1 Å². The minimum atomic E-state index is 0.468. The SMILES string of the molecule is C=CCNC(N)=NCCCn1cnc2ccccc21. The van der Waals surface area contributed by atoms with E-state index in [1.807, 2.05) is 24.5 Å². The smallest absolute Gasteiger partial charge is 0.188 e. The van der Waals surface area contributed by atoms with E-state index in [0.29, 0.717) is 19.0 Å². The molecule has 100 valence electrons. The molecule has 0 radical (unpaired) electrons. The average molecular weight is 257 g/mol. The first-order valence-corrected chi connectivity index (χ1v) is 6.36. The van der Waals surface area contributed by atoms with Crippen molar-refractivity contribution in [1.29, 1.82) is 0 Å². The van der Waals surface area contributed by atoms with Crippen LogP contribution in [0.3, 0.4) is 0 Å². The predicted molar refractivity (Wildman–Crippen MR) is 79.0 cm³/mol. The minimum Gasteiger partial charge on any atom is -0.370 e. The molecule has 5 heteroatoms. The van der Waals surface area contributed by atoms with Crippen LogP contribution in [0.5, 0.6) is 0 Å². The van der Waals surface area contributed by atoms with Gasteiger partial charge in [-0.2, -0.15) is 0 Å². The summed E-state index contributed by atoms with van der Waals surface area (Å²) in [4.78, 5) is 8.60. The standard InChI is InChI=1S/C14H19N5/c1-2-8-16-14(15)17-9-5-10-19-11-18-12-6-3-4-7-13(12)19/h2-4,6-7,11H,1,5,8-10H2,(H3,15,16,17). The molecule has 0 atom stereocenters. The third-order valence-corrected chi connectivity index (χ3v) is 2.79. The molecule has 0 aliphatic heterocycles. The van der Waals surface area contributed by atoms with Crippen LogP contribution >= 0.6 is 0 Å². The van der Waals surface area contributed by atoms with Crippen LogP contribution in [0.4, 0.5) is 0 Å². The molecule has 2 rings (SSSR count). The monoisotopic (exact) mass is 257 g/mol. The fourth-order valence-corrected chi connectivity index (χ4v) is 1.86. The molecule has 0 bridgehead atoms. The number of benzene rings is 1. The molecule has 1 aromatic heterocycles. The van der Waals surface area contributed by atoms with Gasteiger partial charge < -0.3 is 15.6 Å². The first kappa shape index (κ1) is 13.1. The zero-order valence-corrected chi connectivity index (χ0v) is 10.9. The second-order valence-corrected chi connectivity index (χ2v) is 4.22. The van der Waals surface area contributed by atoms with Crippen LogP contribution in [0.15, 0.2) is 48.2 Å². The van der Waals surface area contributed by atoms with E-state index in [9.17, 15) is 0 Å². The van der Waals surface area contributed by atoms with Gasteiger partial charge in [-0.25, -0.2) is 4.98 Å². The lowest BCUT2D eigenvalue weighted by molar-refractivity contribution is 0.665. The lowest BCUT2D eigenvalue weighted by Gasteiger charge is -2.04. The van der Waals surface area contributed by atoms with Crippen LogP contribution in [0, 0.1) is 0 Å². The van der Waals surface area contributed by atoms with Crippen molar-refractivity contribution in [3.63, 3.8) is 0 Å². The Balaban J connectivity index is 1.84. The lowest BCUT2D eigenvalue weighted by Crippen LogP contribution is -2.31. The van der Waals surface area contributed by atoms with E-state index in [1.165, 1.54) is 0 Å². The van der Waals surface area contributed by atoms with Gasteiger partial charge in [0, 0.05) is 19.6 Å². The molecular weight excluding hydrogens is 238 g/mol. The molecule has 0 aliphatic carbocycles. The molecule has 0 fully saturated rings. The van der Waals surface area contributed by atoms with Gasteiger partial charge in [0.1, 0.15) is 0 Å². The second-order valence-electron chi connectivity index (χ2n) is 4.22. The molecule has 0 amide bonds. The van der Waals surface area contributed by atoms with E-state index in [0.717, 1.165) is 24.0 Å². The maximum absolute atomic E-state index is 5.68. The molecule has 0 unspecified atom stereocenters. The number of para-hydroxylation sites is 2. The highest BCUT2D eigenvalue weighted by atomic mass is 15.1. The Hall–Kier alpha value is -2.30. The normalized spacial score (nSPS) is 11.7. The van der Waals surface area contributed by atoms with Gasteiger partial charge in [-0.1, -0.05) is 18.2 Å². The molecule has 0 aliphatic rings. The molecule has 2 aromatic rings. The van der Waals surface area contributed by atoms with Crippen molar-refractivity contribution < 1.29 is 0 Å². The van der Waals surface area contributed by atoms with Crippen molar-refractivity contribution in [2.45, 2.75) is 13.0 Å². The molecule has 0 saturated carbocycles. The van der Waals surface area contributed by atoms with E-state index in [1.54, 1.807) is 6.08 Å². The number of hydrogen-bond acceptors (Lipinski definition) is 2. The van der Waals surface area contributed by atoms with E-state index >= 15 is 0 Å². The van der Waals surface area contributed by atoms with Crippen LogP contribution < -0.4 is 11.1 Å². The Morgan fingerprint density at radius 3 is 3.16 bits per heavy atom. The van der Waals surface area contributed by atoms with Crippen molar-refractivity contribution in [1.82, 2.24) is 14.9 Å². The Morgan fingerprint density at radius 2 is 2.32 bits per heavy atom. The van der Waals surface area contributed by atoms with E-state index in [4.69, 9.17) is 5.73 Å². The van der Waals surface area contributed by atoms with Gasteiger partial charge in [-0.15, -0.1) is 6.58 Å². The highest BCUT2D eigenvalue weighted by Crippen LogP contribution is 2.11. The summed E-state index contributed by atoms with van der Waals surface area (Å²) in [6.45, 7) is 5.83. The quantitative estimate of drug-likeness (QED) is 0.357. The third-order valence-electron chi connectivity index (χ3n) is 2.79. The number of nitrogens with one attached hydrogen (secondary N) is 1. The molecule has 1 heterocycles. The van der Waals surface area contributed by atoms with Gasteiger partial charge in [0.2, 0.25) is 0 Å². The number of imidazole rings is 1. The van der Waals surface area contributed by atoms with E-state index in [2.05, 4.69) is 32.5 Å². The highest BCUT2D eigenvalue weighted by Gasteiger charge is 2.00. The number of aromatic nitrogens is 2. The first-order valence-electron chi connectivity index (χ1n) is 6.36. The van der Waals surface area contributed by atoms with Crippen molar-refractivity contribution in [3.05, 3.63) is 43.2 Å². The molecule has 0 saturated heterocycles. The fraction of sp³-hybridized carbons (Fsp3) is 0.286. The molecule has 3 N–H and O–H groups in total. The number of rotatable bonds is 6. The van der Waals surface area contributed by atoms with Gasteiger partial charge in [0.15, 0.2) is 5.96 Å². The van der Waals surface area contributed by atoms with Gasteiger partial charge in [-0.05, 0) is 18.6 Å². The summed E-state index contributed by atoms with van der Waals surface area (Å²) in [7, 11) is 0. The zero-order chi connectivity index (χ0) is 13.5. The van der Waals surface area contributed by atoms with Gasteiger partial charge in [0.25, 0.3) is 0 Å². The second kappa shape index (κ2) is 6.58. The molecule has 0 spiro atoms. The Labute approximate surface area is 112 Å². The third kappa shape index (κ3) is 3.58. The number of hydrogen-bond donors (Lipinski definition) is 2. The summed E-state index contributed by atoms with van der Waals surface area (Å²) in [5, 5.41) is 2.95. The molecule has 1 aromatic carbocycles. The van der Waals surface area contributed by atoms with Crippen LogP contribution in [0.2, 0.25) is 0 Å². The summed E-state index contributed by atoms with van der Waals surface area (Å²) in [5.74, 6) is 0.468. The number of aliphatic imine (C=N–C) groups is 1. The average Bonchev–Trinajstić information content (AvgIpc) is 2.85. The number of fused-ring (bicyclic) bond motifs is 1. The predicted octanol–water partition coefficient (Wildman–Crippen LogP) is 1.52. The maximum atomic E-state index is 5.68. The first-order chi connectivity index (χ1) is 9.31. The van der Waals surface area contributed by atoms with Crippen LogP contribution in [0.25, 0.3) is 11.0 Å². The summed E-state index contributed by atoms with van der Waals surface area (Å²) in [6, 6.07) is 8.11. The van der Waals surface area contributed by atoms with Gasteiger partial charge in [-0.3, -0.25) is 4.99 Å². The Bertz CT molecular complexity index is 570. The Morgan fingerprint density at radius 1 is 1.47 bits per heavy atom. The van der Waals surface area contributed by atoms with Crippen molar-refractivity contribution >= 4 is 17.0 Å². The number of guanidine groups is 1. The lowest BCUT2D eigenvalue weighted by atomic mass is 10.3. The summed E-state index contributed by atoms with van der Waals surface area (Å²) in [5.41, 5.74) is 7.86. The van der Waals surface area contributed by atoms with E-state index in [-0.39, 0.29) is 0 Å². The maximum Gasteiger partial charge on any atom is 0.188 e. The van der Waals surface area contributed by atoms with Crippen LogP contribution in [-0.4, -0.2) is 28.6 Å². The summed E-state index contributed by atoms with van der Waals surface area (Å²) in [6.07, 6.45) is 4.55. The van der Waals surface area contributed by atoms with Crippen LogP contribution in [-0.2, 0) is 6.54 Å². The van der Waals surface area contributed by atoms with Crippen molar-refractivity contribution in [2.24, 2.45) is 10.7 Å². The Kier molecular flexibility index (Phi) is 4.55. The van der Waals surface area contributed by atoms with Crippen molar-refractivity contribution in [3.8, 4) is 0 Å².